The Kier molecular flexibility index (Phi) is 9.58. The van der Waals surface area contributed by atoms with Crippen molar-refractivity contribution < 1.29 is 33.5 Å². The molecule has 2 rings (SSSR count). The summed E-state index contributed by atoms with van der Waals surface area (Å²) in [7, 11) is 0. The lowest BCUT2D eigenvalue weighted by Gasteiger charge is -2.32. The molecule has 166 valence electrons. The van der Waals surface area contributed by atoms with E-state index < -0.39 is 29.8 Å². The van der Waals surface area contributed by atoms with Gasteiger partial charge >= 0.3 is 5.97 Å². The number of rotatable bonds is 11. The summed E-state index contributed by atoms with van der Waals surface area (Å²) in [4.78, 5) is 23.7. The number of carboxylic acids is 1. The number of allylic oxidation sites excluding steroid dienone is 2. The van der Waals surface area contributed by atoms with Crippen LogP contribution >= 0.6 is 12.9 Å². The first-order valence-electron chi connectivity index (χ1n) is 10.2. The van der Waals surface area contributed by atoms with Gasteiger partial charge in [-0.2, -0.15) is 0 Å². The predicted molar refractivity (Wildman–Crippen MR) is 109 cm³/mol. The zero-order valence-corrected chi connectivity index (χ0v) is 17.8. The van der Waals surface area contributed by atoms with Crippen LogP contribution in [0, 0.1) is 11.8 Å². The van der Waals surface area contributed by atoms with Crippen LogP contribution in [-0.4, -0.2) is 52.8 Å². The van der Waals surface area contributed by atoms with Crippen molar-refractivity contribution in [2.24, 2.45) is 17.6 Å². The molecule has 29 heavy (non-hydrogen) atoms. The van der Waals surface area contributed by atoms with Crippen molar-refractivity contribution in [2.45, 2.75) is 82.5 Å². The second-order valence-corrected chi connectivity index (χ2v) is 8.20. The van der Waals surface area contributed by atoms with Gasteiger partial charge in [-0.05, 0) is 58.4 Å². The van der Waals surface area contributed by atoms with Gasteiger partial charge in [-0.15, -0.1) is 0 Å². The number of thiol groups is 1. The highest BCUT2D eigenvalue weighted by molar-refractivity contribution is 7.75. The molecule has 4 N–H and O–H groups in total. The molecule has 1 saturated heterocycles. The number of aliphatic hydroxyl groups excluding tert-OH is 1. The van der Waals surface area contributed by atoms with Crippen molar-refractivity contribution >= 4 is 24.7 Å². The highest BCUT2D eigenvalue weighted by Crippen LogP contribution is 2.40. The Hall–Kier alpha value is -0.970. The van der Waals surface area contributed by atoms with E-state index in [0.29, 0.717) is 32.3 Å². The second-order valence-electron chi connectivity index (χ2n) is 8.02. The SMILES string of the molecule is C[C@@](N)(OS)C(=O)C1C(OC2CCCCO2)CC(O)C1C/C=C\CCCC(=O)O. The molecule has 0 amide bonds. The molecular weight excluding hydrogens is 398 g/mol. The standard InChI is InChI=1S/C20H33NO7S/c1-20(21,28-29)19(25)18-13(8-4-2-3-5-9-16(23)24)14(22)12-15(18)27-17-10-6-7-11-26-17/h2,4,13-15,17-18,22,29H,3,5-12,21H2,1H3,(H,23,24)/b4-2-/t13?,14?,15?,17?,18?,20-/m1/s1. The van der Waals surface area contributed by atoms with Crippen molar-refractivity contribution in [1.29, 1.82) is 0 Å². The Balaban J connectivity index is 2.06. The van der Waals surface area contributed by atoms with Gasteiger partial charge in [0.2, 0.25) is 0 Å². The topological polar surface area (TPSA) is 128 Å². The van der Waals surface area contributed by atoms with E-state index >= 15 is 0 Å². The van der Waals surface area contributed by atoms with E-state index in [1.54, 1.807) is 0 Å². The fourth-order valence-corrected chi connectivity index (χ4v) is 4.10. The smallest absolute Gasteiger partial charge is 0.303 e. The largest absolute Gasteiger partial charge is 0.481 e. The van der Waals surface area contributed by atoms with Crippen LogP contribution in [-0.2, 0) is 23.2 Å². The molecule has 0 aromatic heterocycles. The van der Waals surface area contributed by atoms with Gasteiger partial charge in [0, 0.05) is 25.4 Å². The van der Waals surface area contributed by atoms with E-state index in [1.165, 1.54) is 6.92 Å². The summed E-state index contributed by atoms with van der Waals surface area (Å²) >= 11 is 3.74. The number of hydrogen-bond acceptors (Lipinski definition) is 8. The van der Waals surface area contributed by atoms with Crippen LogP contribution in [0.3, 0.4) is 0 Å². The number of nitrogens with two attached hydrogens (primary N) is 1. The average Bonchev–Trinajstić information content (AvgIpc) is 2.99. The Bertz CT molecular complexity index is 577. The van der Waals surface area contributed by atoms with Crippen molar-refractivity contribution in [1.82, 2.24) is 0 Å². The zero-order valence-electron chi connectivity index (χ0n) is 16.9. The van der Waals surface area contributed by atoms with Gasteiger partial charge in [0.25, 0.3) is 0 Å². The number of Topliss-reactive ketones (excluding diaryl/α,β-unsaturated/α-hetero) is 1. The summed E-state index contributed by atoms with van der Waals surface area (Å²) in [6.45, 7) is 2.06. The average molecular weight is 432 g/mol. The van der Waals surface area contributed by atoms with Crippen LogP contribution in [0.1, 0.15) is 58.3 Å². The predicted octanol–water partition coefficient (Wildman–Crippen LogP) is 2.20. The van der Waals surface area contributed by atoms with Crippen LogP contribution in [0.5, 0.6) is 0 Å². The van der Waals surface area contributed by atoms with E-state index in [-0.39, 0.29) is 24.4 Å². The van der Waals surface area contributed by atoms with Crippen molar-refractivity contribution in [3.8, 4) is 0 Å². The fourth-order valence-electron chi connectivity index (χ4n) is 4.01. The van der Waals surface area contributed by atoms with Gasteiger partial charge in [0.15, 0.2) is 17.8 Å². The van der Waals surface area contributed by atoms with Gasteiger partial charge in [-0.3, -0.25) is 19.5 Å². The number of hydrogen-bond donors (Lipinski definition) is 4. The Morgan fingerprint density at radius 1 is 1.34 bits per heavy atom. The number of unbranched alkanes of at least 4 members (excludes halogenated alkanes) is 1. The Morgan fingerprint density at radius 3 is 2.72 bits per heavy atom. The maximum atomic E-state index is 13.1. The van der Waals surface area contributed by atoms with Crippen molar-refractivity contribution in [3.05, 3.63) is 12.2 Å². The molecule has 2 aliphatic rings. The summed E-state index contributed by atoms with van der Waals surface area (Å²) in [6, 6.07) is 0. The highest BCUT2D eigenvalue weighted by atomic mass is 32.1. The molecule has 0 aromatic carbocycles. The second kappa shape index (κ2) is 11.4. The van der Waals surface area contributed by atoms with Gasteiger partial charge in [0.1, 0.15) is 0 Å². The molecule has 5 unspecified atom stereocenters. The first-order valence-corrected chi connectivity index (χ1v) is 10.6. The van der Waals surface area contributed by atoms with Gasteiger partial charge in [-0.25, -0.2) is 0 Å². The van der Waals surface area contributed by atoms with Gasteiger partial charge < -0.3 is 19.7 Å². The summed E-state index contributed by atoms with van der Waals surface area (Å²) in [6.07, 6.45) is 6.92. The molecular formula is C20H33NO7S. The molecule has 0 bridgehead atoms. The Labute approximate surface area is 177 Å². The molecule has 0 aromatic rings. The molecule has 6 atom stereocenters. The molecule has 8 nitrogen and oxygen atoms in total. The lowest BCUT2D eigenvalue weighted by atomic mass is 9.83. The Morgan fingerprint density at radius 2 is 2.10 bits per heavy atom. The third-order valence-corrected chi connectivity index (χ3v) is 5.99. The maximum Gasteiger partial charge on any atom is 0.303 e. The number of carbonyl (C=O) groups excluding carboxylic acids is 1. The molecule has 1 saturated carbocycles. The number of ketones is 1. The van der Waals surface area contributed by atoms with E-state index in [4.69, 9.17) is 24.5 Å². The normalized spacial score (nSPS) is 32.3. The number of aliphatic hydroxyl groups is 1. The highest BCUT2D eigenvalue weighted by Gasteiger charge is 2.51. The van der Waals surface area contributed by atoms with Crippen molar-refractivity contribution in [3.63, 3.8) is 0 Å². The van der Waals surface area contributed by atoms with Crippen LogP contribution in [0.15, 0.2) is 12.2 Å². The number of carboxylic acid groups (broad SMARTS) is 1. The molecule has 1 heterocycles. The van der Waals surface area contributed by atoms with Crippen molar-refractivity contribution in [2.75, 3.05) is 6.61 Å². The first-order chi connectivity index (χ1) is 13.8. The van der Waals surface area contributed by atoms with Crippen LogP contribution in [0.25, 0.3) is 0 Å². The van der Waals surface area contributed by atoms with Crippen LogP contribution in [0.4, 0.5) is 0 Å². The van der Waals surface area contributed by atoms with E-state index in [9.17, 15) is 14.7 Å². The molecule has 1 aliphatic heterocycles. The quantitative estimate of drug-likeness (QED) is 0.129. The summed E-state index contributed by atoms with van der Waals surface area (Å²) in [5, 5.41) is 19.3. The third-order valence-electron chi connectivity index (χ3n) is 5.61. The minimum Gasteiger partial charge on any atom is -0.481 e. The van der Waals surface area contributed by atoms with E-state index in [2.05, 4.69) is 12.9 Å². The van der Waals surface area contributed by atoms with Gasteiger partial charge in [0.05, 0.1) is 18.1 Å². The molecule has 2 fully saturated rings. The molecule has 9 heteroatoms. The number of aliphatic carboxylic acids is 1. The minimum absolute atomic E-state index is 0.111. The zero-order chi connectivity index (χ0) is 21.4. The first kappa shape index (κ1) is 24.3. The lowest BCUT2D eigenvalue weighted by Crippen LogP contribution is -2.52. The number of ether oxygens (including phenoxy) is 2. The van der Waals surface area contributed by atoms with Crippen LogP contribution < -0.4 is 5.73 Å². The van der Waals surface area contributed by atoms with E-state index in [0.717, 1.165) is 19.3 Å². The number of carbonyl (C=O) groups is 2. The molecule has 1 aliphatic carbocycles. The van der Waals surface area contributed by atoms with Crippen LogP contribution in [0.2, 0.25) is 0 Å². The molecule has 0 spiro atoms. The third kappa shape index (κ3) is 7.04. The minimum atomic E-state index is -1.60. The summed E-state index contributed by atoms with van der Waals surface area (Å²) in [5.74, 6) is -2.22. The monoisotopic (exact) mass is 431 g/mol. The van der Waals surface area contributed by atoms with E-state index in [1.807, 2.05) is 12.2 Å². The summed E-state index contributed by atoms with van der Waals surface area (Å²) in [5.41, 5.74) is 4.37. The fraction of sp³-hybridized carbons (Fsp3) is 0.800. The molecule has 0 radical (unpaired) electrons. The van der Waals surface area contributed by atoms with Gasteiger partial charge in [-0.1, -0.05) is 12.2 Å². The lowest BCUT2D eigenvalue weighted by molar-refractivity contribution is -0.198. The summed E-state index contributed by atoms with van der Waals surface area (Å²) < 4.78 is 16.6. The maximum absolute atomic E-state index is 13.1.